The highest BCUT2D eigenvalue weighted by Gasteiger charge is 2.27. The van der Waals surface area contributed by atoms with Gasteiger partial charge in [0.05, 0.1) is 28.7 Å². The standard InChI is InChI=1S/C18H18ClNO5S/c1-13-2-4-14(5-3-13)18(21)25-17-7-6-15(12-16(17)19)26(22,23)20-8-10-24-11-9-20/h2-7,12H,8-11H2,1H3. The summed E-state index contributed by atoms with van der Waals surface area (Å²) >= 11 is 6.15. The topological polar surface area (TPSA) is 72.9 Å². The number of morpholine rings is 1. The van der Waals surface area contributed by atoms with Crippen LogP contribution in [-0.4, -0.2) is 45.0 Å². The fourth-order valence-corrected chi connectivity index (χ4v) is 4.23. The van der Waals surface area contributed by atoms with Crippen LogP contribution in [0.3, 0.4) is 0 Å². The molecule has 2 aromatic rings. The number of aryl methyl sites for hydroxylation is 1. The Hall–Kier alpha value is -1.93. The maximum atomic E-state index is 12.6. The lowest BCUT2D eigenvalue weighted by Crippen LogP contribution is -2.40. The molecule has 0 unspecified atom stereocenters. The third kappa shape index (κ3) is 4.07. The zero-order valence-electron chi connectivity index (χ0n) is 14.1. The van der Waals surface area contributed by atoms with Gasteiger partial charge in [0.1, 0.15) is 5.75 Å². The van der Waals surface area contributed by atoms with Crippen molar-refractivity contribution in [1.29, 1.82) is 0 Å². The lowest BCUT2D eigenvalue weighted by molar-refractivity contribution is 0.0728. The fraction of sp³-hybridized carbons (Fsp3) is 0.278. The summed E-state index contributed by atoms with van der Waals surface area (Å²) in [4.78, 5) is 12.2. The monoisotopic (exact) mass is 395 g/mol. The smallest absolute Gasteiger partial charge is 0.343 e. The first-order chi connectivity index (χ1) is 12.4. The summed E-state index contributed by atoms with van der Waals surface area (Å²) < 4.78 is 37.1. The molecule has 26 heavy (non-hydrogen) atoms. The first-order valence-corrected chi connectivity index (χ1v) is 9.86. The molecule has 8 heteroatoms. The second-order valence-corrected chi connectivity index (χ2v) is 8.21. The zero-order chi connectivity index (χ0) is 18.7. The minimum atomic E-state index is -3.66. The van der Waals surface area contributed by atoms with Gasteiger partial charge in [0.2, 0.25) is 10.0 Å². The van der Waals surface area contributed by atoms with Gasteiger partial charge in [-0.2, -0.15) is 4.31 Å². The van der Waals surface area contributed by atoms with E-state index in [1.807, 2.05) is 6.92 Å². The minimum absolute atomic E-state index is 0.0551. The lowest BCUT2D eigenvalue weighted by Gasteiger charge is -2.26. The van der Waals surface area contributed by atoms with Gasteiger partial charge in [-0.1, -0.05) is 29.3 Å². The SMILES string of the molecule is Cc1ccc(C(=O)Oc2ccc(S(=O)(=O)N3CCOCC3)cc2Cl)cc1. The summed E-state index contributed by atoms with van der Waals surface area (Å²) in [6, 6.07) is 11.0. The van der Waals surface area contributed by atoms with Crippen LogP contribution in [0.25, 0.3) is 0 Å². The predicted molar refractivity (Wildman–Crippen MR) is 97.2 cm³/mol. The summed E-state index contributed by atoms with van der Waals surface area (Å²) in [6.45, 7) is 3.23. The third-order valence-corrected chi connectivity index (χ3v) is 6.19. The minimum Gasteiger partial charge on any atom is -0.421 e. The highest BCUT2D eigenvalue weighted by molar-refractivity contribution is 7.89. The molecule has 0 amide bonds. The Morgan fingerprint density at radius 1 is 1.12 bits per heavy atom. The van der Waals surface area contributed by atoms with Crippen LogP contribution in [0.5, 0.6) is 5.75 Å². The molecule has 1 heterocycles. The molecule has 0 aromatic heterocycles. The van der Waals surface area contributed by atoms with Crippen LogP contribution in [0.4, 0.5) is 0 Å². The van der Waals surface area contributed by atoms with Gasteiger partial charge in [0.15, 0.2) is 0 Å². The molecule has 2 aromatic carbocycles. The van der Waals surface area contributed by atoms with Gasteiger partial charge >= 0.3 is 5.97 Å². The predicted octanol–water partition coefficient (Wildman–Crippen LogP) is 2.89. The van der Waals surface area contributed by atoms with Gasteiger partial charge in [0.25, 0.3) is 0 Å². The first kappa shape index (κ1) is 18.8. The number of nitrogens with zero attached hydrogens (tertiary/aromatic N) is 1. The van der Waals surface area contributed by atoms with Gasteiger partial charge in [-0.05, 0) is 37.3 Å². The van der Waals surface area contributed by atoms with E-state index in [-0.39, 0.29) is 15.7 Å². The average Bonchev–Trinajstić information content (AvgIpc) is 2.64. The van der Waals surface area contributed by atoms with Crippen LogP contribution in [0.1, 0.15) is 15.9 Å². The Labute approximate surface area is 157 Å². The second kappa shape index (κ2) is 7.75. The molecule has 0 saturated carbocycles. The molecule has 0 radical (unpaired) electrons. The van der Waals surface area contributed by atoms with E-state index in [9.17, 15) is 13.2 Å². The van der Waals surface area contributed by atoms with E-state index < -0.39 is 16.0 Å². The molecule has 1 saturated heterocycles. The molecule has 1 fully saturated rings. The van der Waals surface area contributed by atoms with Crippen LogP contribution in [-0.2, 0) is 14.8 Å². The van der Waals surface area contributed by atoms with E-state index in [1.54, 1.807) is 24.3 Å². The van der Waals surface area contributed by atoms with Crippen LogP contribution in [0, 0.1) is 6.92 Å². The molecule has 138 valence electrons. The van der Waals surface area contributed by atoms with Gasteiger partial charge in [-0.3, -0.25) is 0 Å². The molecule has 0 N–H and O–H groups in total. The van der Waals surface area contributed by atoms with Crippen LogP contribution in [0.15, 0.2) is 47.4 Å². The summed E-state index contributed by atoms with van der Waals surface area (Å²) in [7, 11) is -3.66. The lowest BCUT2D eigenvalue weighted by atomic mass is 10.1. The second-order valence-electron chi connectivity index (χ2n) is 5.86. The normalized spacial score (nSPS) is 15.6. The molecular weight excluding hydrogens is 378 g/mol. The van der Waals surface area contributed by atoms with Crippen molar-refractivity contribution in [2.45, 2.75) is 11.8 Å². The van der Waals surface area contributed by atoms with E-state index in [4.69, 9.17) is 21.1 Å². The van der Waals surface area contributed by atoms with Crippen molar-refractivity contribution in [3.8, 4) is 5.75 Å². The summed E-state index contributed by atoms with van der Waals surface area (Å²) in [6.07, 6.45) is 0. The number of carbonyl (C=O) groups excluding carboxylic acids is 1. The highest BCUT2D eigenvalue weighted by Crippen LogP contribution is 2.29. The quantitative estimate of drug-likeness (QED) is 0.588. The molecule has 0 spiro atoms. The Balaban J connectivity index is 1.79. The van der Waals surface area contributed by atoms with Crippen LogP contribution in [0.2, 0.25) is 5.02 Å². The number of esters is 1. The molecule has 1 aliphatic rings. The molecule has 0 atom stereocenters. The third-order valence-electron chi connectivity index (χ3n) is 4.00. The summed E-state index contributed by atoms with van der Waals surface area (Å²) in [5.41, 5.74) is 1.41. The number of hydrogen-bond acceptors (Lipinski definition) is 5. The molecule has 6 nitrogen and oxygen atoms in total. The number of benzene rings is 2. The van der Waals surface area contributed by atoms with Crippen molar-refractivity contribution in [1.82, 2.24) is 4.31 Å². The van der Waals surface area contributed by atoms with E-state index in [1.165, 1.54) is 22.5 Å². The molecule has 1 aliphatic heterocycles. The Morgan fingerprint density at radius 2 is 1.77 bits per heavy atom. The van der Waals surface area contributed by atoms with E-state index in [0.717, 1.165) is 5.56 Å². The number of hydrogen-bond donors (Lipinski definition) is 0. The Kier molecular flexibility index (Phi) is 5.62. The van der Waals surface area contributed by atoms with E-state index in [0.29, 0.717) is 31.9 Å². The maximum Gasteiger partial charge on any atom is 0.343 e. The molecule has 3 rings (SSSR count). The van der Waals surface area contributed by atoms with Crippen LogP contribution < -0.4 is 4.74 Å². The Bertz CT molecular complexity index is 906. The van der Waals surface area contributed by atoms with Crippen molar-refractivity contribution in [3.05, 3.63) is 58.6 Å². The van der Waals surface area contributed by atoms with Gasteiger partial charge in [-0.25, -0.2) is 13.2 Å². The van der Waals surface area contributed by atoms with Crippen molar-refractivity contribution < 1.29 is 22.7 Å². The molecule has 0 aliphatic carbocycles. The zero-order valence-corrected chi connectivity index (χ0v) is 15.7. The average molecular weight is 396 g/mol. The summed E-state index contributed by atoms with van der Waals surface area (Å²) in [5, 5.41) is 0.0554. The fourth-order valence-electron chi connectivity index (χ4n) is 2.51. The van der Waals surface area contributed by atoms with Crippen molar-refractivity contribution in [2.24, 2.45) is 0 Å². The largest absolute Gasteiger partial charge is 0.421 e. The summed E-state index contributed by atoms with van der Waals surface area (Å²) in [5.74, 6) is -0.450. The van der Waals surface area contributed by atoms with Gasteiger partial charge < -0.3 is 9.47 Å². The number of rotatable bonds is 4. The van der Waals surface area contributed by atoms with E-state index >= 15 is 0 Å². The first-order valence-electron chi connectivity index (χ1n) is 8.04. The molecular formula is C18H18ClNO5S. The highest BCUT2D eigenvalue weighted by atomic mass is 35.5. The maximum absolute atomic E-state index is 12.6. The van der Waals surface area contributed by atoms with Crippen LogP contribution >= 0.6 is 11.6 Å². The number of sulfonamides is 1. The number of carbonyl (C=O) groups is 1. The van der Waals surface area contributed by atoms with Crippen molar-refractivity contribution in [2.75, 3.05) is 26.3 Å². The number of ether oxygens (including phenoxy) is 2. The van der Waals surface area contributed by atoms with Gasteiger partial charge in [0, 0.05) is 13.1 Å². The van der Waals surface area contributed by atoms with E-state index in [2.05, 4.69) is 0 Å². The van der Waals surface area contributed by atoms with Gasteiger partial charge in [-0.15, -0.1) is 0 Å². The van der Waals surface area contributed by atoms with Crippen molar-refractivity contribution >= 4 is 27.6 Å². The van der Waals surface area contributed by atoms with Crippen molar-refractivity contribution in [3.63, 3.8) is 0 Å². The molecule has 0 bridgehead atoms. The Morgan fingerprint density at radius 3 is 2.38 bits per heavy atom. The number of halogens is 1.